The van der Waals surface area contributed by atoms with Crippen LogP contribution in [0.2, 0.25) is 0 Å². The van der Waals surface area contributed by atoms with E-state index in [2.05, 4.69) is 11.3 Å². The van der Waals surface area contributed by atoms with Gasteiger partial charge in [-0.25, -0.2) is 4.36 Å². The maximum atomic E-state index is 11.0. The van der Waals surface area contributed by atoms with Crippen molar-refractivity contribution in [2.45, 2.75) is 70.1 Å². The van der Waals surface area contributed by atoms with Crippen LogP contribution in [0.15, 0.2) is 16.0 Å². The van der Waals surface area contributed by atoms with Gasteiger partial charge in [0.05, 0.1) is 16.7 Å². The minimum Gasteiger partial charge on any atom is -0.386 e. The highest BCUT2D eigenvalue weighted by Crippen LogP contribution is 2.52. The van der Waals surface area contributed by atoms with Crippen LogP contribution in [0.5, 0.6) is 0 Å². The number of aliphatic hydroxyl groups is 2. The molecule has 0 bridgehead atoms. The Hall–Kier alpha value is -0.320. The molecule has 0 aromatic rings. The van der Waals surface area contributed by atoms with Gasteiger partial charge in [0.15, 0.2) is 0 Å². The Labute approximate surface area is 121 Å². The van der Waals surface area contributed by atoms with Gasteiger partial charge in [-0.15, -0.1) is 0 Å². The smallest absolute Gasteiger partial charge is 0.0885 e. The summed E-state index contributed by atoms with van der Waals surface area (Å²) < 4.78 is 4.19. The third kappa shape index (κ3) is 2.39. The first-order valence-corrected chi connectivity index (χ1v) is 7.54. The van der Waals surface area contributed by atoms with Crippen LogP contribution in [0.1, 0.15) is 53.4 Å². The molecule has 0 spiro atoms. The van der Waals surface area contributed by atoms with Crippen molar-refractivity contribution in [3.63, 3.8) is 0 Å². The Morgan fingerprint density at radius 3 is 2.42 bits per heavy atom. The molecule has 0 amide bonds. The van der Waals surface area contributed by atoms with Crippen LogP contribution in [0.3, 0.4) is 0 Å². The molecular formula is C15H25NO2S. The summed E-state index contributed by atoms with van der Waals surface area (Å²) in [5.41, 5.74) is -0.969. The van der Waals surface area contributed by atoms with Gasteiger partial charge in [0.1, 0.15) is 0 Å². The van der Waals surface area contributed by atoms with Crippen molar-refractivity contribution < 1.29 is 10.2 Å². The molecule has 0 radical (unpaired) electrons. The molecule has 2 N–H and O–H groups in total. The van der Waals surface area contributed by atoms with Crippen LogP contribution in [0.25, 0.3) is 0 Å². The summed E-state index contributed by atoms with van der Waals surface area (Å²) >= 11 is 5.01. The number of rotatable bonds is 2. The van der Waals surface area contributed by atoms with E-state index in [-0.39, 0.29) is 17.4 Å². The Bertz CT molecular complexity index is 418. The number of fused-ring (bicyclic) bond motifs is 1. The third-order valence-electron chi connectivity index (χ3n) is 5.21. The predicted molar refractivity (Wildman–Crippen MR) is 78.7 cm³/mol. The van der Waals surface area contributed by atoms with Gasteiger partial charge >= 0.3 is 0 Å². The van der Waals surface area contributed by atoms with Crippen molar-refractivity contribution in [3.05, 3.63) is 11.6 Å². The highest BCUT2D eigenvalue weighted by Gasteiger charge is 2.53. The fourth-order valence-corrected chi connectivity index (χ4v) is 3.88. The largest absolute Gasteiger partial charge is 0.386 e. The molecule has 0 heterocycles. The molecule has 0 aromatic heterocycles. The second kappa shape index (κ2) is 4.61. The summed E-state index contributed by atoms with van der Waals surface area (Å²) in [6, 6.07) is 0. The van der Waals surface area contributed by atoms with Crippen LogP contribution < -0.4 is 0 Å². The standard InChI is InChI=1S/C15H25NO2S/c1-10(2)15(18)8-7-14(4,16-19)11-5-6-13(3,17)9-12(11)15/h9-11,17-18H,5-8H2,1-4H3/t11-,13-,14-,15+/m1/s1. The first-order valence-electron chi connectivity index (χ1n) is 7.17. The Morgan fingerprint density at radius 1 is 1.26 bits per heavy atom. The van der Waals surface area contributed by atoms with Crippen molar-refractivity contribution >= 4 is 12.4 Å². The van der Waals surface area contributed by atoms with E-state index >= 15 is 0 Å². The quantitative estimate of drug-likeness (QED) is 0.766. The summed E-state index contributed by atoms with van der Waals surface area (Å²) in [6.07, 6.45) is 4.90. The normalized spacial score (nSPS) is 46.7. The zero-order valence-electron chi connectivity index (χ0n) is 12.3. The minimum atomic E-state index is -0.825. The number of hydrogen-bond acceptors (Lipinski definition) is 4. The average Bonchev–Trinajstić information content (AvgIpc) is 2.33. The maximum absolute atomic E-state index is 11.0. The Kier molecular flexibility index (Phi) is 3.65. The van der Waals surface area contributed by atoms with Crippen molar-refractivity contribution in [2.24, 2.45) is 16.2 Å². The Balaban J connectivity index is 2.51. The lowest BCUT2D eigenvalue weighted by atomic mass is 9.57. The highest BCUT2D eigenvalue weighted by molar-refractivity contribution is 7.47. The molecule has 1 fully saturated rings. The lowest BCUT2D eigenvalue weighted by Crippen LogP contribution is -2.54. The second-order valence-corrected chi connectivity index (χ2v) is 7.26. The fraction of sp³-hybridized carbons (Fsp3) is 0.867. The molecular weight excluding hydrogens is 258 g/mol. The van der Waals surface area contributed by atoms with E-state index in [0.717, 1.165) is 18.4 Å². The molecule has 0 saturated heterocycles. The van der Waals surface area contributed by atoms with E-state index in [1.165, 1.54) is 0 Å². The molecule has 4 atom stereocenters. The van der Waals surface area contributed by atoms with E-state index in [1.807, 2.05) is 26.8 Å². The van der Waals surface area contributed by atoms with Gasteiger partial charge < -0.3 is 10.2 Å². The van der Waals surface area contributed by atoms with Gasteiger partial charge in [-0.2, -0.15) is 0 Å². The van der Waals surface area contributed by atoms with Gasteiger partial charge in [0.25, 0.3) is 0 Å². The summed E-state index contributed by atoms with van der Waals surface area (Å²) in [5.74, 6) is 0.288. The van der Waals surface area contributed by atoms with Gasteiger partial charge in [0, 0.05) is 18.3 Å². The van der Waals surface area contributed by atoms with Crippen LogP contribution in [0, 0.1) is 11.8 Å². The maximum Gasteiger partial charge on any atom is 0.0885 e. The van der Waals surface area contributed by atoms with Crippen molar-refractivity contribution in [1.82, 2.24) is 0 Å². The van der Waals surface area contributed by atoms with Crippen molar-refractivity contribution in [2.75, 3.05) is 0 Å². The molecule has 3 nitrogen and oxygen atoms in total. The second-order valence-electron chi connectivity index (χ2n) is 7.08. The van der Waals surface area contributed by atoms with Gasteiger partial charge in [-0.3, -0.25) is 0 Å². The summed E-state index contributed by atoms with van der Waals surface area (Å²) in [4.78, 5) is 0. The first-order chi connectivity index (χ1) is 8.65. The van der Waals surface area contributed by atoms with E-state index in [1.54, 1.807) is 0 Å². The van der Waals surface area contributed by atoms with Crippen LogP contribution >= 0.6 is 0 Å². The van der Waals surface area contributed by atoms with Crippen LogP contribution in [-0.2, 0) is 12.4 Å². The first kappa shape index (κ1) is 15.1. The Morgan fingerprint density at radius 2 is 1.89 bits per heavy atom. The summed E-state index contributed by atoms with van der Waals surface area (Å²) in [6.45, 7) is 7.97. The van der Waals surface area contributed by atoms with E-state index in [4.69, 9.17) is 12.4 Å². The molecule has 0 aromatic carbocycles. The van der Waals surface area contributed by atoms with E-state index in [9.17, 15) is 10.2 Å². The lowest BCUT2D eigenvalue weighted by Gasteiger charge is -2.52. The molecule has 2 aliphatic carbocycles. The number of nitrogens with zero attached hydrogens (tertiary/aromatic N) is 1. The van der Waals surface area contributed by atoms with E-state index in [0.29, 0.717) is 12.8 Å². The molecule has 1 saturated carbocycles. The van der Waals surface area contributed by atoms with Gasteiger partial charge in [-0.1, -0.05) is 19.9 Å². The SMILES string of the molecule is CC(C)[C@@]1(O)CC[C@@](C)(N=S)[C@@H]2CC[C@@](C)(O)C=C21. The van der Waals surface area contributed by atoms with Crippen molar-refractivity contribution in [3.8, 4) is 0 Å². The van der Waals surface area contributed by atoms with E-state index < -0.39 is 11.2 Å². The summed E-state index contributed by atoms with van der Waals surface area (Å²) in [5, 5.41) is 21.4. The zero-order chi connectivity index (χ0) is 14.5. The van der Waals surface area contributed by atoms with Gasteiger partial charge in [-0.05, 0) is 51.0 Å². The zero-order valence-corrected chi connectivity index (χ0v) is 13.1. The fourth-order valence-electron chi connectivity index (χ4n) is 3.67. The topological polar surface area (TPSA) is 52.8 Å². The predicted octanol–water partition coefficient (Wildman–Crippen LogP) is 2.74. The summed E-state index contributed by atoms with van der Waals surface area (Å²) in [7, 11) is 0. The molecule has 0 aliphatic heterocycles. The lowest BCUT2D eigenvalue weighted by molar-refractivity contribution is -0.0353. The molecule has 2 rings (SSSR count). The molecule has 2 aliphatic rings. The molecule has 108 valence electrons. The average molecular weight is 283 g/mol. The minimum absolute atomic E-state index is 0.129. The van der Waals surface area contributed by atoms with Crippen LogP contribution in [0.4, 0.5) is 0 Å². The third-order valence-corrected chi connectivity index (χ3v) is 5.62. The van der Waals surface area contributed by atoms with Crippen molar-refractivity contribution in [1.29, 1.82) is 0 Å². The molecule has 4 heteroatoms. The highest BCUT2D eigenvalue weighted by atomic mass is 32.1. The van der Waals surface area contributed by atoms with Gasteiger partial charge in [0.2, 0.25) is 0 Å². The molecule has 19 heavy (non-hydrogen) atoms. The number of hydrogen-bond donors (Lipinski definition) is 2. The monoisotopic (exact) mass is 283 g/mol. The molecule has 0 unspecified atom stereocenters. The van der Waals surface area contributed by atoms with Crippen LogP contribution in [-0.4, -0.2) is 27.0 Å².